The molecule has 0 fully saturated rings. The number of carbonyl (C=O) groups excluding carboxylic acids is 2. The van der Waals surface area contributed by atoms with Crippen molar-refractivity contribution in [2.45, 2.75) is 26.7 Å². The lowest BCUT2D eigenvalue weighted by molar-refractivity contribution is 0.0866. The van der Waals surface area contributed by atoms with Crippen LogP contribution in [-0.2, 0) is 0 Å². The van der Waals surface area contributed by atoms with E-state index in [0.29, 0.717) is 11.4 Å². The van der Waals surface area contributed by atoms with Gasteiger partial charge in [-0.25, -0.2) is 4.98 Å². The highest BCUT2D eigenvalue weighted by Crippen LogP contribution is 2.17. The zero-order chi connectivity index (χ0) is 16.4. The Hall–Kier alpha value is -2.75. The molecule has 2 aromatic carbocycles. The summed E-state index contributed by atoms with van der Waals surface area (Å²) in [5.41, 5.74) is 3.34. The van der Waals surface area contributed by atoms with Crippen molar-refractivity contribution >= 4 is 22.7 Å². The monoisotopic (exact) mass is 306 g/mol. The highest BCUT2D eigenvalue weighted by molar-refractivity contribution is 5.99. The van der Waals surface area contributed by atoms with Gasteiger partial charge in [-0.3, -0.25) is 14.2 Å². The fourth-order valence-corrected chi connectivity index (χ4v) is 2.68. The zero-order valence-corrected chi connectivity index (χ0v) is 13.2. The van der Waals surface area contributed by atoms with Crippen molar-refractivity contribution in [3.05, 3.63) is 65.5 Å². The van der Waals surface area contributed by atoms with Gasteiger partial charge in [-0.05, 0) is 26.0 Å². The first-order valence-corrected chi connectivity index (χ1v) is 7.63. The molecule has 0 aliphatic carbocycles. The average Bonchev–Trinajstić information content (AvgIpc) is 2.88. The summed E-state index contributed by atoms with van der Waals surface area (Å²) in [4.78, 5) is 29.1. The van der Waals surface area contributed by atoms with Crippen LogP contribution in [0.5, 0.6) is 0 Å². The van der Waals surface area contributed by atoms with Crippen LogP contribution >= 0.6 is 0 Å². The number of carbonyl (C=O) groups is 2. The number of imidazole rings is 1. The molecule has 3 aromatic rings. The summed E-state index contributed by atoms with van der Waals surface area (Å²) in [6.07, 6.45) is 0.377. The number of nitrogens with zero attached hydrogens (tertiary/aromatic N) is 2. The zero-order valence-electron chi connectivity index (χ0n) is 13.2. The van der Waals surface area contributed by atoms with Crippen LogP contribution < -0.4 is 0 Å². The normalized spacial score (nSPS) is 10.9. The number of hydrogen-bond donors (Lipinski definition) is 0. The molecule has 0 radical (unpaired) electrons. The van der Waals surface area contributed by atoms with Crippen molar-refractivity contribution in [3.8, 4) is 0 Å². The molecular formula is C19H18N2O2. The van der Waals surface area contributed by atoms with Crippen molar-refractivity contribution in [1.29, 1.82) is 0 Å². The standard InChI is InChI=1S/C19H18N2O2/c1-13-7-9-15(10-8-13)18(22)11-12-19(23)21-14(2)20-16-5-3-4-6-17(16)21/h3-10H,11-12H2,1-2H3. The Morgan fingerprint density at radius 1 is 0.957 bits per heavy atom. The van der Waals surface area contributed by atoms with E-state index in [0.717, 1.165) is 16.6 Å². The summed E-state index contributed by atoms with van der Waals surface area (Å²) >= 11 is 0. The Bertz CT molecular complexity index is 876. The molecule has 0 saturated heterocycles. The van der Waals surface area contributed by atoms with Gasteiger partial charge in [-0.2, -0.15) is 0 Å². The number of rotatable bonds is 4. The highest BCUT2D eigenvalue weighted by atomic mass is 16.2. The van der Waals surface area contributed by atoms with Crippen LogP contribution in [0.3, 0.4) is 0 Å². The molecule has 0 aliphatic heterocycles. The molecule has 1 aromatic heterocycles. The fraction of sp³-hybridized carbons (Fsp3) is 0.211. The molecule has 0 saturated carbocycles. The summed E-state index contributed by atoms with van der Waals surface area (Å²) in [7, 11) is 0. The summed E-state index contributed by atoms with van der Waals surface area (Å²) in [6.45, 7) is 3.78. The SMILES string of the molecule is Cc1ccc(C(=O)CCC(=O)n2c(C)nc3ccccc32)cc1. The number of hydrogen-bond acceptors (Lipinski definition) is 3. The summed E-state index contributed by atoms with van der Waals surface area (Å²) in [5.74, 6) is 0.538. The molecule has 1 heterocycles. The molecule has 0 aliphatic rings. The molecular weight excluding hydrogens is 288 g/mol. The minimum absolute atomic E-state index is 0.0135. The van der Waals surface area contributed by atoms with E-state index < -0.39 is 0 Å². The largest absolute Gasteiger partial charge is 0.294 e. The topological polar surface area (TPSA) is 52.0 Å². The van der Waals surface area contributed by atoms with Gasteiger partial charge in [0.15, 0.2) is 5.78 Å². The lowest BCUT2D eigenvalue weighted by atomic mass is 10.0. The van der Waals surface area contributed by atoms with Crippen LogP contribution in [0.1, 0.15) is 39.4 Å². The molecule has 0 spiro atoms. The smallest absolute Gasteiger partial charge is 0.232 e. The Balaban J connectivity index is 1.75. The maximum absolute atomic E-state index is 12.5. The van der Waals surface area contributed by atoms with Gasteiger partial charge < -0.3 is 0 Å². The van der Waals surface area contributed by atoms with E-state index in [-0.39, 0.29) is 24.5 Å². The Morgan fingerprint density at radius 2 is 1.65 bits per heavy atom. The molecule has 3 rings (SSSR count). The van der Waals surface area contributed by atoms with E-state index in [9.17, 15) is 9.59 Å². The molecule has 0 unspecified atom stereocenters. The Morgan fingerprint density at radius 3 is 2.39 bits per heavy atom. The molecule has 116 valence electrons. The van der Waals surface area contributed by atoms with Gasteiger partial charge in [-0.15, -0.1) is 0 Å². The molecule has 0 bridgehead atoms. The van der Waals surface area contributed by atoms with Gasteiger partial charge in [0.1, 0.15) is 5.82 Å². The third kappa shape index (κ3) is 3.06. The number of fused-ring (bicyclic) bond motifs is 1. The number of benzene rings is 2. The number of Topliss-reactive ketones (excluding diaryl/α,β-unsaturated/α-hetero) is 1. The quantitative estimate of drug-likeness (QED) is 0.686. The van der Waals surface area contributed by atoms with Crippen molar-refractivity contribution in [3.63, 3.8) is 0 Å². The summed E-state index contributed by atoms with van der Waals surface area (Å²) in [5, 5.41) is 0. The highest BCUT2D eigenvalue weighted by Gasteiger charge is 2.15. The Labute approximate surface area is 134 Å². The number of ketones is 1. The summed E-state index contributed by atoms with van der Waals surface area (Å²) in [6, 6.07) is 14.9. The molecule has 4 nitrogen and oxygen atoms in total. The van der Waals surface area contributed by atoms with Gasteiger partial charge in [0, 0.05) is 18.4 Å². The summed E-state index contributed by atoms with van der Waals surface area (Å²) < 4.78 is 1.59. The maximum atomic E-state index is 12.5. The van der Waals surface area contributed by atoms with Gasteiger partial charge in [-0.1, -0.05) is 42.0 Å². The second-order valence-corrected chi connectivity index (χ2v) is 5.67. The first-order valence-electron chi connectivity index (χ1n) is 7.63. The second-order valence-electron chi connectivity index (χ2n) is 5.67. The lowest BCUT2D eigenvalue weighted by Gasteiger charge is -2.05. The first-order chi connectivity index (χ1) is 11.1. The van der Waals surface area contributed by atoms with Gasteiger partial charge in [0.05, 0.1) is 11.0 Å². The van der Waals surface area contributed by atoms with Crippen molar-refractivity contribution in [1.82, 2.24) is 9.55 Å². The average molecular weight is 306 g/mol. The van der Waals surface area contributed by atoms with E-state index in [1.165, 1.54) is 0 Å². The molecule has 0 atom stereocenters. The third-order valence-corrected chi connectivity index (χ3v) is 3.92. The van der Waals surface area contributed by atoms with E-state index in [2.05, 4.69) is 4.98 Å². The second kappa shape index (κ2) is 6.16. The third-order valence-electron chi connectivity index (χ3n) is 3.92. The van der Waals surface area contributed by atoms with Crippen LogP contribution in [-0.4, -0.2) is 21.2 Å². The number of aryl methyl sites for hydroxylation is 2. The van der Waals surface area contributed by atoms with Crippen LogP contribution in [0.25, 0.3) is 11.0 Å². The fourth-order valence-electron chi connectivity index (χ4n) is 2.68. The molecule has 0 amide bonds. The first kappa shape index (κ1) is 15.2. The minimum atomic E-state index is -0.100. The maximum Gasteiger partial charge on any atom is 0.232 e. The van der Waals surface area contributed by atoms with Gasteiger partial charge in [0.2, 0.25) is 5.91 Å². The van der Waals surface area contributed by atoms with Gasteiger partial charge in [0.25, 0.3) is 0 Å². The van der Waals surface area contributed by atoms with E-state index in [1.54, 1.807) is 23.6 Å². The van der Waals surface area contributed by atoms with Crippen molar-refractivity contribution < 1.29 is 9.59 Å². The number of para-hydroxylation sites is 2. The lowest BCUT2D eigenvalue weighted by Crippen LogP contribution is -2.14. The predicted molar refractivity (Wildman–Crippen MR) is 89.8 cm³/mol. The van der Waals surface area contributed by atoms with Gasteiger partial charge >= 0.3 is 0 Å². The minimum Gasteiger partial charge on any atom is -0.294 e. The van der Waals surface area contributed by atoms with Crippen LogP contribution in [0.4, 0.5) is 0 Å². The Kier molecular flexibility index (Phi) is 4.06. The van der Waals surface area contributed by atoms with E-state index >= 15 is 0 Å². The molecule has 23 heavy (non-hydrogen) atoms. The van der Waals surface area contributed by atoms with Crippen LogP contribution in [0, 0.1) is 13.8 Å². The van der Waals surface area contributed by atoms with Crippen molar-refractivity contribution in [2.75, 3.05) is 0 Å². The van der Waals surface area contributed by atoms with Crippen molar-refractivity contribution in [2.24, 2.45) is 0 Å². The van der Waals surface area contributed by atoms with E-state index in [4.69, 9.17) is 0 Å². The van der Waals surface area contributed by atoms with E-state index in [1.807, 2.05) is 43.3 Å². The van der Waals surface area contributed by atoms with Crippen LogP contribution in [0.2, 0.25) is 0 Å². The molecule has 4 heteroatoms. The molecule has 0 N–H and O–H groups in total. The number of aromatic nitrogens is 2. The predicted octanol–water partition coefficient (Wildman–Crippen LogP) is 3.96. The van der Waals surface area contributed by atoms with Crippen LogP contribution in [0.15, 0.2) is 48.5 Å².